The van der Waals surface area contributed by atoms with Crippen molar-refractivity contribution in [3.8, 4) is 21.8 Å². The van der Waals surface area contributed by atoms with Gasteiger partial charge in [0.15, 0.2) is 0 Å². The number of hydrogen-bond donors (Lipinski definition) is 2. The van der Waals surface area contributed by atoms with Crippen LogP contribution in [0.15, 0.2) is 66.0 Å². The molecule has 0 saturated carbocycles. The Labute approximate surface area is 194 Å². The fraction of sp³-hybridized carbons (Fsp3) is 0.0909. The standard InChI is InChI=1S/C22H18N2O3S4/c1-14-18(11-20(30-14)22(25)28)21-23-19(12-29-21)16-7-9-17(10-8-16)24-31(26,27)13-15-5-3-2-4-6-15/h2-12,24H,13H2,1H3,(H,25,28). The number of nitrogens with one attached hydrogen (secondary N) is 1. The minimum atomic E-state index is -3.50. The number of hydrogen-bond acceptors (Lipinski definition) is 6. The van der Waals surface area contributed by atoms with Crippen LogP contribution in [0.4, 0.5) is 5.69 Å². The molecule has 0 atom stereocenters. The summed E-state index contributed by atoms with van der Waals surface area (Å²) in [6, 6.07) is 18.0. The maximum Gasteiger partial charge on any atom is 0.236 e. The Hall–Kier alpha value is -2.46. The number of nitrogens with zero attached hydrogens (tertiary/aromatic N) is 1. The first-order valence-corrected chi connectivity index (χ1v) is 13.0. The molecule has 0 aliphatic heterocycles. The topological polar surface area (TPSA) is 76.1 Å². The van der Waals surface area contributed by atoms with Crippen molar-refractivity contribution in [3.63, 3.8) is 0 Å². The molecular formula is C22H18N2O3S4. The molecule has 1 N–H and O–H groups in total. The van der Waals surface area contributed by atoms with Gasteiger partial charge in [0, 0.05) is 27.1 Å². The van der Waals surface area contributed by atoms with Gasteiger partial charge in [-0.15, -0.1) is 22.7 Å². The van der Waals surface area contributed by atoms with Gasteiger partial charge in [0.2, 0.25) is 15.1 Å². The molecule has 2 aromatic heterocycles. The summed E-state index contributed by atoms with van der Waals surface area (Å²) < 4.78 is 27.4. The minimum Gasteiger partial charge on any atom is -0.283 e. The number of carbonyl (C=O) groups is 1. The second-order valence-corrected chi connectivity index (χ2v) is 11.1. The Morgan fingerprint density at radius 2 is 1.81 bits per heavy atom. The normalized spacial score (nSPS) is 11.4. The molecule has 2 aromatic carbocycles. The zero-order valence-corrected chi connectivity index (χ0v) is 19.7. The zero-order chi connectivity index (χ0) is 22.0. The number of rotatable bonds is 7. The lowest BCUT2D eigenvalue weighted by Crippen LogP contribution is -2.14. The van der Waals surface area contributed by atoms with Crippen molar-refractivity contribution >= 4 is 56.1 Å². The molecule has 31 heavy (non-hydrogen) atoms. The van der Waals surface area contributed by atoms with Crippen LogP contribution in [-0.2, 0) is 15.8 Å². The third-order valence-electron chi connectivity index (χ3n) is 4.52. The van der Waals surface area contributed by atoms with E-state index in [9.17, 15) is 13.2 Å². The summed E-state index contributed by atoms with van der Waals surface area (Å²) in [6.07, 6.45) is 0. The third kappa shape index (κ3) is 5.24. The van der Waals surface area contributed by atoms with E-state index < -0.39 is 10.0 Å². The van der Waals surface area contributed by atoms with Crippen LogP contribution in [0.25, 0.3) is 21.8 Å². The van der Waals surface area contributed by atoms with Crippen molar-refractivity contribution < 1.29 is 13.2 Å². The first kappa shape index (κ1) is 21.8. The summed E-state index contributed by atoms with van der Waals surface area (Å²) in [5.74, 6) is -0.0815. The van der Waals surface area contributed by atoms with Crippen molar-refractivity contribution in [3.05, 3.63) is 81.4 Å². The molecule has 0 saturated heterocycles. The number of thiophene rings is 1. The second-order valence-electron chi connectivity index (χ2n) is 6.85. The van der Waals surface area contributed by atoms with Crippen LogP contribution in [0, 0.1) is 6.92 Å². The van der Waals surface area contributed by atoms with Crippen molar-refractivity contribution in [2.24, 2.45) is 0 Å². The third-order valence-corrected chi connectivity index (χ3v) is 8.09. The lowest BCUT2D eigenvalue weighted by Gasteiger charge is -2.08. The number of carbonyl (C=O) groups excluding carboxylic acids is 1. The molecular weight excluding hydrogens is 469 g/mol. The molecule has 4 aromatic rings. The van der Waals surface area contributed by atoms with Crippen LogP contribution in [0.5, 0.6) is 0 Å². The van der Waals surface area contributed by atoms with Crippen molar-refractivity contribution in [1.29, 1.82) is 0 Å². The van der Waals surface area contributed by atoms with Crippen LogP contribution in [0.3, 0.4) is 0 Å². The molecule has 0 bridgehead atoms. The van der Waals surface area contributed by atoms with Gasteiger partial charge in [-0.1, -0.05) is 55.1 Å². The van der Waals surface area contributed by atoms with E-state index >= 15 is 0 Å². The van der Waals surface area contributed by atoms with Gasteiger partial charge in [0.05, 0.1) is 16.3 Å². The van der Waals surface area contributed by atoms with Gasteiger partial charge in [0.1, 0.15) is 5.01 Å². The molecule has 9 heteroatoms. The predicted octanol–water partition coefficient (Wildman–Crippen LogP) is 5.86. The lowest BCUT2D eigenvalue weighted by atomic mass is 10.1. The van der Waals surface area contributed by atoms with E-state index in [2.05, 4.69) is 17.4 Å². The van der Waals surface area contributed by atoms with E-state index in [1.54, 1.807) is 24.3 Å². The molecule has 4 rings (SSSR count). The molecule has 5 nitrogen and oxygen atoms in total. The van der Waals surface area contributed by atoms with Crippen molar-refractivity contribution in [2.75, 3.05) is 4.72 Å². The first-order chi connectivity index (χ1) is 14.8. The second kappa shape index (κ2) is 8.96. The molecule has 0 unspecified atom stereocenters. The number of thiazole rings is 1. The molecule has 0 spiro atoms. The van der Waals surface area contributed by atoms with E-state index in [0.29, 0.717) is 10.6 Å². The highest BCUT2D eigenvalue weighted by Gasteiger charge is 2.15. The lowest BCUT2D eigenvalue weighted by molar-refractivity contribution is 0.109. The van der Waals surface area contributed by atoms with E-state index in [4.69, 9.17) is 4.98 Å². The van der Waals surface area contributed by atoms with E-state index in [0.717, 1.165) is 32.3 Å². The Morgan fingerprint density at radius 3 is 2.45 bits per heavy atom. The summed E-state index contributed by atoms with van der Waals surface area (Å²) >= 11 is 6.80. The van der Waals surface area contributed by atoms with E-state index in [1.807, 2.05) is 48.7 Å². The number of thiol groups is 1. The first-order valence-electron chi connectivity index (χ1n) is 9.25. The van der Waals surface area contributed by atoms with Crippen LogP contribution in [-0.4, -0.2) is 18.5 Å². The summed E-state index contributed by atoms with van der Waals surface area (Å²) in [5.41, 5.74) is 3.84. The minimum absolute atomic E-state index is 0.0815. The molecule has 0 aliphatic carbocycles. The fourth-order valence-electron chi connectivity index (χ4n) is 3.05. The largest absolute Gasteiger partial charge is 0.283 e. The Bertz CT molecular complexity index is 1320. The van der Waals surface area contributed by atoms with Gasteiger partial charge in [0.25, 0.3) is 0 Å². The van der Waals surface area contributed by atoms with Crippen molar-refractivity contribution in [1.82, 2.24) is 4.98 Å². The molecule has 0 fully saturated rings. The highest BCUT2D eigenvalue weighted by Crippen LogP contribution is 2.35. The number of benzene rings is 2. The molecule has 2 heterocycles. The quantitative estimate of drug-likeness (QED) is 0.321. The van der Waals surface area contributed by atoms with Crippen molar-refractivity contribution in [2.45, 2.75) is 12.7 Å². The van der Waals surface area contributed by atoms with E-state index in [-0.39, 0.29) is 10.9 Å². The number of aryl methyl sites for hydroxylation is 1. The van der Waals surface area contributed by atoms with Gasteiger partial charge in [-0.3, -0.25) is 9.52 Å². The maximum absolute atomic E-state index is 12.4. The summed E-state index contributed by atoms with van der Waals surface area (Å²) in [6.45, 7) is 1.96. The zero-order valence-electron chi connectivity index (χ0n) is 16.4. The number of sulfonamides is 1. The Morgan fingerprint density at radius 1 is 1.10 bits per heavy atom. The monoisotopic (exact) mass is 486 g/mol. The van der Waals surface area contributed by atoms with Gasteiger partial charge in [-0.05, 0) is 30.7 Å². The van der Waals surface area contributed by atoms with E-state index in [1.165, 1.54) is 22.7 Å². The maximum atomic E-state index is 12.4. The summed E-state index contributed by atoms with van der Waals surface area (Å²) in [5, 5.41) is 2.53. The number of aromatic nitrogens is 1. The van der Waals surface area contributed by atoms with Crippen LogP contribution >= 0.6 is 35.3 Å². The smallest absolute Gasteiger partial charge is 0.236 e. The van der Waals surface area contributed by atoms with Gasteiger partial charge in [-0.2, -0.15) is 0 Å². The fourth-order valence-corrected chi connectivity index (χ4v) is 6.27. The average molecular weight is 487 g/mol. The molecule has 0 aliphatic rings. The molecule has 0 amide bonds. The molecule has 158 valence electrons. The Kier molecular flexibility index (Phi) is 6.29. The highest BCUT2D eigenvalue weighted by molar-refractivity contribution is 7.97. The summed E-state index contributed by atoms with van der Waals surface area (Å²) in [4.78, 5) is 17.8. The number of anilines is 1. The molecule has 0 radical (unpaired) electrons. The SMILES string of the molecule is Cc1sc(C(=O)S)cc1-c1nc(-c2ccc(NS(=O)(=O)Cc3ccccc3)cc2)cs1. The predicted molar refractivity (Wildman–Crippen MR) is 132 cm³/mol. The average Bonchev–Trinajstić information content (AvgIpc) is 3.35. The van der Waals surface area contributed by atoms with Crippen LogP contribution in [0.2, 0.25) is 0 Å². The van der Waals surface area contributed by atoms with Gasteiger partial charge >= 0.3 is 0 Å². The highest BCUT2D eigenvalue weighted by atomic mass is 32.2. The Balaban J connectivity index is 1.49. The van der Waals surface area contributed by atoms with Crippen LogP contribution < -0.4 is 4.72 Å². The van der Waals surface area contributed by atoms with Gasteiger partial charge in [-0.25, -0.2) is 13.4 Å². The van der Waals surface area contributed by atoms with Gasteiger partial charge < -0.3 is 0 Å². The van der Waals surface area contributed by atoms with Crippen LogP contribution in [0.1, 0.15) is 20.1 Å². The summed E-state index contributed by atoms with van der Waals surface area (Å²) in [7, 11) is -3.50.